The van der Waals surface area contributed by atoms with Crippen LogP contribution in [0.5, 0.6) is 5.75 Å². The highest BCUT2D eigenvalue weighted by atomic mass is 16.5. The number of aliphatic hydroxyl groups is 1. The van der Waals surface area contributed by atoms with Gasteiger partial charge in [-0.15, -0.1) is 0 Å². The topological polar surface area (TPSA) is 64.7 Å². The molecule has 4 heteroatoms. The molecule has 1 unspecified atom stereocenters. The average Bonchev–Trinajstić information content (AvgIpc) is 2.65. The van der Waals surface area contributed by atoms with Gasteiger partial charge < -0.3 is 20.3 Å². The molecule has 136 valence electrons. The van der Waals surface area contributed by atoms with Gasteiger partial charge in [0.1, 0.15) is 5.75 Å². The van der Waals surface area contributed by atoms with Gasteiger partial charge in [-0.3, -0.25) is 0 Å². The smallest absolute Gasteiger partial charge is 0.119 e. The molecule has 0 aliphatic rings. The molecule has 2 rings (SSSR count). The lowest BCUT2D eigenvalue weighted by Gasteiger charge is -2.12. The predicted octanol–water partition coefficient (Wildman–Crippen LogP) is 3.83. The van der Waals surface area contributed by atoms with Crippen LogP contribution in [0.1, 0.15) is 42.9 Å². The van der Waals surface area contributed by atoms with Crippen molar-refractivity contribution in [3.05, 3.63) is 65.7 Å². The molecule has 0 radical (unpaired) electrons. The molecule has 0 saturated heterocycles. The van der Waals surface area contributed by atoms with Crippen molar-refractivity contribution in [2.45, 2.75) is 38.3 Å². The van der Waals surface area contributed by atoms with Crippen molar-refractivity contribution in [3.8, 4) is 5.75 Å². The van der Waals surface area contributed by atoms with Crippen molar-refractivity contribution in [2.24, 2.45) is 5.73 Å². The fourth-order valence-corrected chi connectivity index (χ4v) is 2.58. The minimum atomic E-state index is -0.143. The molecule has 1 atom stereocenters. The Kier molecular flexibility index (Phi) is 9.05. The zero-order chi connectivity index (χ0) is 17.7. The molecule has 0 amide bonds. The lowest BCUT2D eigenvalue weighted by Crippen LogP contribution is -2.12. The van der Waals surface area contributed by atoms with E-state index in [4.69, 9.17) is 20.3 Å². The van der Waals surface area contributed by atoms with E-state index >= 15 is 0 Å². The first-order valence-corrected chi connectivity index (χ1v) is 9.00. The number of rotatable bonds is 12. The van der Waals surface area contributed by atoms with Crippen molar-refractivity contribution in [2.75, 3.05) is 19.8 Å². The Morgan fingerprint density at radius 2 is 1.72 bits per heavy atom. The van der Waals surface area contributed by atoms with Crippen molar-refractivity contribution in [1.82, 2.24) is 0 Å². The number of hydrogen-bond acceptors (Lipinski definition) is 4. The summed E-state index contributed by atoms with van der Waals surface area (Å²) in [7, 11) is 0. The van der Waals surface area contributed by atoms with E-state index in [0.717, 1.165) is 37.2 Å². The van der Waals surface area contributed by atoms with E-state index in [1.807, 2.05) is 42.5 Å². The van der Waals surface area contributed by atoms with E-state index in [-0.39, 0.29) is 12.6 Å². The van der Waals surface area contributed by atoms with Crippen LogP contribution in [0.25, 0.3) is 0 Å². The summed E-state index contributed by atoms with van der Waals surface area (Å²) in [5, 5.41) is 8.97. The second-order valence-electron chi connectivity index (χ2n) is 6.14. The molecule has 2 aromatic carbocycles. The van der Waals surface area contributed by atoms with Crippen LogP contribution in [0.15, 0.2) is 54.6 Å². The monoisotopic (exact) mass is 343 g/mol. The van der Waals surface area contributed by atoms with Gasteiger partial charge in [0, 0.05) is 19.3 Å². The Morgan fingerprint density at radius 3 is 2.52 bits per heavy atom. The molecule has 0 aliphatic carbocycles. The third-order valence-corrected chi connectivity index (χ3v) is 4.04. The second-order valence-corrected chi connectivity index (χ2v) is 6.14. The summed E-state index contributed by atoms with van der Waals surface area (Å²) in [5.74, 6) is 0.839. The molecule has 0 saturated carbocycles. The summed E-state index contributed by atoms with van der Waals surface area (Å²) < 4.78 is 11.5. The molecule has 3 N–H and O–H groups in total. The summed E-state index contributed by atoms with van der Waals surface area (Å²) in [4.78, 5) is 0. The van der Waals surface area contributed by atoms with E-state index < -0.39 is 0 Å². The highest BCUT2D eigenvalue weighted by molar-refractivity contribution is 5.30. The van der Waals surface area contributed by atoms with Gasteiger partial charge in [0.15, 0.2) is 0 Å². The van der Waals surface area contributed by atoms with Crippen LogP contribution in [0.2, 0.25) is 0 Å². The van der Waals surface area contributed by atoms with Gasteiger partial charge in [-0.1, -0.05) is 42.5 Å². The highest BCUT2D eigenvalue weighted by Gasteiger charge is 2.06. The molecular formula is C21H29NO3. The molecule has 25 heavy (non-hydrogen) atoms. The summed E-state index contributed by atoms with van der Waals surface area (Å²) in [5.41, 5.74) is 8.22. The maximum absolute atomic E-state index is 8.97. The molecule has 0 aliphatic heterocycles. The first-order chi connectivity index (χ1) is 12.3. The van der Waals surface area contributed by atoms with E-state index in [0.29, 0.717) is 19.6 Å². The minimum absolute atomic E-state index is 0.0958. The normalized spacial score (nSPS) is 12.1. The number of aliphatic hydroxyl groups excluding tert-OH is 1. The van der Waals surface area contributed by atoms with Crippen molar-refractivity contribution in [1.29, 1.82) is 0 Å². The summed E-state index contributed by atoms with van der Waals surface area (Å²) in [6.07, 6.45) is 3.68. The van der Waals surface area contributed by atoms with Crippen LogP contribution >= 0.6 is 0 Å². The van der Waals surface area contributed by atoms with Crippen molar-refractivity contribution >= 4 is 0 Å². The lowest BCUT2D eigenvalue weighted by atomic mass is 10.1. The first-order valence-electron chi connectivity index (χ1n) is 9.00. The maximum Gasteiger partial charge on any atom is 0.119 e. The Bertz CT molecular complexity index is 589. The zero-order valence-electron chi connectivity index (χ0n) is 14.8. The zero-order valence-corrected chi connectivity index (χ0v) is 14.8. The number of nitrogens with two attached hydrogens (primary N) is 1. The Hall–Kier alpha value is -1.88. The van der Waals surface area contributed by atoms with E-state index in [2.05, 4.69) is 12.1 Å². The fourth-order valence-electron chi connectivity index (χ4n) is 2.58. The Labute approximate surface area is 150 Å². The number of ether oxygens (including phenoxy) is 2. The van der Waals surface area contributed by atoms with Gasteiger partial charge in [0.05, 0.1) is 13.2 Å². The standard InChI is InChI=1S/C21H29NO3/c22-21(12-13-23)19-10-7-11-20(16-19)25-15-6-2-5-14-24-17-18-8-3-1-4-9-18/h1,3-4,7-11,16,21,23H,2,5-6,12-15,17,22H2. The SMILES string of the molecule is NC(CCO)c1cccc(OCCCCCOCc2ccccc2)c1. The average molecular weight is 343 g/mol. The van der Waals surface area contributed by atoms with Crippen molar-refractivity contribution < 1.29 is 14.6 Å². The molecule has 0 aromatic heterocycles. The molecular weight excluding hydrogens is 314 g/mol. The van der Waals surface area contributed by atoms with Crippen LogP contribution in [0.4, 0.5) is 0 Å². The summed E-state index contributed by atoms with van der Waals surface area (Å²) >= 11 is 0. The van der Waals surface area contributed by atoms with Gasteiger partial charge in [-0.25, -0.2) is 0 Å². The largest absolute Gasteiger partial charge is 0.494 e. The third kappa shape index (κ3) is 7.69. The van der Waals surface area contributed by atoms with Gasteiger partial charge in [0.25, 0.3) is 0 Å². The summed E-state index contributed by atoms with van der Waals surface area (Å²) in [6, 6.07) is 17.9. The van der Waals surface area contributed by atoms with E-state index in [1.165, 1.54) is 5.56 Å². The lowest BCUT2D eigenvalue weighted by molar-refractivity contribution is 0.116. The number of hydrogen-bond donors (Lipinski definition) is 2. The highest BCUT2D eigenvalue weighted by Crippen LogP contribution is 2.20. The van der Waals surface area contributed by atoms with Gasteiger partial charge in [0.2, 0.25) is 0 Å². The predicted molar refractivity (Wildman–Crippen MR) is 101 cm³/mol. The van der Waals surface area contributed by atoms with Crippen LogP contribution in [-0.4, -0.2) is 24.9 Å². The second kappa shape index (κ2) is 11.6. The van der Waals surface area contributed by atoms with E-state index in [1.54, 1.807) is 0 Å². The quantitative estimate of drug-likeness (QED) is 0.575. The van der Waals surface area contributed by atoms with Gasteiger partial charge in [-0.2, -0.15) is 0 Å². The molecule has 2 aromatic rings. The molecule has 0 spiro atoms. The molecule has 0 bridgehead atoms. The molecule has 0 fully saturated rings. The minimum Gasteiger partial charge on any atom is -0.494 e. The van der Waals surface area contributed by atoms with Crippen LogP contribution in [0.3, 0.4) is 0 Å². The Balaban J connectivity index is 1.55. The summed E-state index contributed by atoms with van der Waals surface area (Å²) in [6.45, 7) is 2.24. The third-order valence-electron chi connectivity index (χ3n) is 4.04. The van der Waals surface area contributed by atoms with Gasteiger partial charge in [-0.05, 0) is 48.9 Å². The molecule has 4 nitrogen and oxygen atoms in total. The fraction of sp³-hybridized carbons (Fsp3) is 0.429. The van der Waals surface area contributed by atoms with Crippen LogP contribution in [-0.2, 0) is 11.3 Å². The van der Waals surface area contributed by atoms with Gasteiger partial charge >= 0.3 is 0 Å². The van der Waals surface area contributed by atoms with Crippen LogP contribution in [0, 0.1) is 0 Å². The first kappa shape index (κ1) is 19.4. The van der Waals surface area contributed by atoms with Crippen LogP contribution < -0.4 is 10.5 Å². The number of unbranched alkanes of at least 4 members (excludes halogenated alkanes) is 2. The Morgan fingerprint density at radius 1 is 0.920 bits per heavy atom. The number of benzene rings is 2. The molecule has 0 heterocycles. The van der Waals surface area contributed by atoms with E-state index in [9.17, 15) is 0 Å². The van der Waals surface area contributed by atoms with Crippen molar-refractivity contribution in [3.63, 3.8) is 0 Å². The maximum atomic E-state index is 8.97.